The molecule has 0 radical (unpaired) electrons. The van der Waals surface area contributed by atoms with Gasteiger partial charge >= 0.3 is 0 Å². The topological polar surface area (TPSA) is 120 Å². The van der Waals surface area contributed by atoms with Crippen molar-refractivity contribution < 1.29 is 14.4 Å². The number of fused-ring (bicyclic) bond motifs is 2. The van der Waals surface area contributed by atoms with Gasteiger partial charge in [-0.15, -0.1) is 0 Å². The van der Waals surface area contributed by atoms with Crippen LogP contribution in [0.25, 0.3) is 10.9 Å². The molecule has 0 spiro atoms. The number of para-hydroxylation sites is 1. The van der Waals surface area contributed by atoms with Crippen molar-refractivity contribution in [2.24, 2.45) is 17.6 Å². The van der Waals surface area contributed by atoms with Crippen LogP contribution in [0.1, 0.15) is 52.9 Å². The quantitative estimate of drug-likeness (QED) is 0.371. The summed E-state index contributed by atoms with van der Waals surface area (Å²) < 4.78 is 0. The molecule has 5 rings (SSSR count). The normalized spacial score (nSPS) is 17.7. The highest BCUT2D eigenvalue weighted by Gasteiger charge is 2.41. The molecule has 2 amide bonds. The molecule has 0 aliphatic carbocycles. The number of piperidine rings is 1. The molecule has 3 aromatic rings. The van der Waals surface area contributed by atoms with Crippen LogP contribution in [0.15, 0.2) is 48.7 Å². The maximum absolute atomic E-state index is 14.1. The minimum atomic E-state index is -0.946. The Morgan fingerprint density at radius 2 is 1.89 bits per heavy atom. The zero-order valence-electron chi connectivity index (χ0n) is 21.3. The van der Waals surface area contributed by atoms with Crippen molar-refractivity contribution in [3.8, 4) is 0 Å². The van der Waals surface area contributed by atoms with Crippen molar-refractivity contribution in [3.05, 3.63) is 70.9 Å². The molecular weight excluding hydrogens is 466 g/mol. The van der Waals surface area contributed by atoms with Crippen molar-refractivity contribution in [1.82, 2.24) is 20.5 Å². The van der Waals surface area contributed by atoms with Gasteiger partial charge in [-0.1, -0.05) is 24.3 Å². The number of aromatic nitrogens is 1. The number of ketones is 1. The molecule has 2 aliphatic rings. The van der Waals surface area contributed by atoms with E-state index in [4.69, 9.17) is 5.73 Å². The van der Waals surface area contributed by atoms with Gasteiger partial charge in [0.1, 0.15) is 11.7 Å². The van der Waals surface area contributed by atoms with Gasteiger partial charge in [-0.25, -0.2) is 0 Å². The molecule has 1 aromatic heterocycles. The summed E-state index contributed by atoms with van der Waals surface area (Å²) in [4.78, 5) is 45.2. The predicted octanol–water partition coefficient (Wildman–Crippen LogP) is 2.69. The van der Waals surface area contributed by atoms with Gasteiger partial charge in [0.2, 0.25) is 5.91 Å². The average molecular weight is 502 g/mol. The van der Waals surface area contributed by atoms with Crippen LogP contribution in [0.5, 0.6) is 0 Å². The van der Waals surface area contributed by atoms with Gasteiger partial charge in [-0.3, -0.25) is 14.4 Å². The van der Waals surface area contributed by atoms with Crippen LogP contribution in [-0.2, 0) is 22.6 Å². The molecule has 37 heavy (non-hydrogen) atoms. The zero-order valence-corrected chi connectivity index (χ0v) is 21.3. The maximum Gasteiger partial charge on any atom is 0.251 e. The number of carbonyl (C=O) groups excluding carboxylic acids is 3. The van der Waals surface area contributed by atoms with E-state index in [1.807, 2.05) is 49.5 Å². The van der Waals surface area contributed by atoms with E-state index >= 15 is 0 Å². The molecule has 0 bridgehead atoms. The third-order valence-electron chi connectivity index (χ3n) is 7.78. The number of hydrogen-bond donors (Lipinski definition) is 4. The van der Waals surface area contributed by atoms with Gasteiger partial charge in [0.25, 0.3) is 5.91 Å². The molecular formula is C29H35N5O3. The van der Waals surface area contributed by atoms with E-state index in [2.05, 4.69) is 15.6 Å². The lowest BCUT2D eigenvalue weighted by Crippen LogP contribution is -2.48. The third kappa shape index (κ3) is 5.04. The van der Waals surface area contributed by atoms with E-state index in [1.54, 1.807) is 11.0 Å². The summed E-state index contributed by atoms with van der Waals surface area (Å²) in [6.45, 7) is 4.89. The minimum Gasteiger partial charge on any atom is -0.361 e. The van der Waals surface area contributed by atoms with Crippen LogP contribution < -0.4 is 16.4 Å². The highest BCUT2D eigenvalue weighted by Crippen LogP contribution is 2.33. The van der Waals surface area contributed by atoms with E-state index in [-0.39, 0.29) is 23.5 Å². The lowest BCUT2D eigenvalue weighted by Gasteiger charge is -2.35. The first-order valence-electron chi connectivity index (χ1n) is 13.2. The average Bonchev–Trinajstić information content (AvgIpc) is 3.37. The Hall–Kier alpha value is -3.49. The molecule has 1 unspecified atom stereocenters. The van der Waals surface area contributed by atoms with E-state index in [1.165, 1.54) is 0 Å². The number of benzene rings is 2. The smallest absolute Gasteiger partial charge is 0.251 e. The summed E-state index contributed by atoms with van der Waals surface area (Å²) in [6.07, 6.45) is 3.90. The van der Waals surface area contributed by atoms with Gasteiger partial charge < -0.3 is 26.3 Å². The summed E-state index contributed by atoms with van der Waals surface area (Å²) in [6, 6.07) is 12.7. The van der Waals surface area contributed by atoms with Crippen molar-refractivity contribution in [2.45, 2.75) is 38.8 Å². The molecule has 194 valence electrons. The van der Waals surface area contributed by atoms with Gasteiger partial charge in [-0.05, 0) is 74.2 Å². The van der Waals surface area contributed by atoms with Crippen molar-refractivity contribution in [2.75, 3.05) is 26.2 Å². The van der Waals surface area contributed by atoms with Gasteiger partial charge in [0.15, 0.2) is 0 Å². The first-order chi connectivity index (χ1) is 18.0. The zero-order chi connectivity index (χ0) is 25.9. The molecule has 2 atom stereocenters. The number of Topliss-reactive ketones (excluding diaryl/α,β-unsaturated/α-hetero) is 1. The van der Waals surface area contributed by atoms with E-state index in [0.717, 1.165) is 40.7 Å². The van der Waals surface area contributed by atoms with E-state index in [0.29, 0.717) is 44.5 Å². The summed E-state index contributed by atoms with van der Waals surface area (Å²) in [5.74, 6) is -1.48. The Morgan fingerprint density at radius 3 is 2.68 bits per heavy atom. The second-order valence-electron chi connectivity index (χ2n) is 10.1. The predicted molar refractivity (Wildman–Crippen MR) is 143 cm³/mol. The SMILES string of the molecule is CCNC(=O)c1ccc2c(c1)CCN(C(=O)[C@@H](C(=O)C1CCNCC1)C(N)c1c[nH]c3ccccc13)C2. The number of nitrogens with two attached hydrogens (primary N) is 1. The second-order valence-corrected chi connectivity index (χ2v) is 10.1. The van der Waals surface area contributed by atoms with Gasteiger partial charge in [0, 0.05) is 48.2 Å². The molecule has 2 aromatic carbocycles. The maximum atomic E-state index is 14.1. The fraction of sp³-hybridized carbons (Fsp3) is 0.414. The van der Waals surface area contributed by atoms with E-state index < -0.39 is 12.0 Å². The summed E-state index contributed by atoms with van der Waals surface area (Å²) >= 11 is 0. The Kier molecular flexibility index (Phi) is 7.39. The molecule has 3 heterocycles. The minimum absolute atomic E-state index is 0.0540. The largest absolute Gasteiger partial charge is 0.361 e. The molecule has 0 saturated carbocycles. The summed E-state index contributed by atoms with van der Waals surface area (Å²) in [5, 5.41) is 7.07. The van der Waals surface area contributed by atoms with E-state index in [9.17, 15) is 14.4 Å². The first-order valence-corrected chi connectivity index (χ1v) is 13.2. The van der Waals surface area contributed by atoms with Gasteiger partial charge in [-0.2, -0.15) is 0 Å². The van der Waals surface area contributed by atoms with Crippen LogP contribution in [-0.4, -0.2) is 53.7 Å². The lowest BCUT2D eigenvalue weighted by molar-refractivity contribution is -0.145. The number of carbonyl (C=O) groups is 3. The second kappa shape index (κ2) is 10.9. The highest BCUT2D eigenvalue weighted by atomic mass is 16.2. The standard InChI is InChI=1S/C29H35N5O3/c1-2-32-28(36)20-7-8-21-17-34(14-11-19(21)15-20)29(37)25(27(35)18-9-12-31-13-10-18)26(30)23-16-33-24-6-4-3-5-22(23)24/h3-8,15-16,18,25-26,31,33H,2,9-14,17,30H2,1H3,(H,32,36)/t25-,26?/m1/s1. The van der Waals surface area contributed by atoms with Crippen LogP contribution >= 0.6 is 0 Å². The monoisotopic (exact) mass is 501 g/mol. The van der Waals surface area contributed by atoms with Crippen molar-refractivity contribution >= 4 is 28.5 Å². The van der Waals surface area contributed by atoms with Crippen molar-refractivity contribution in [3.63, 3.8) is 0 Å². The Labute approximate surface area is 217 Å². The number of rotatable bonds is 7. The van der Waals surface area contributed by atoms with Crippen LogP contribution in [0.4, 0.5) is 0 Å². The lowest BCUT2D eigenvalue weighted by atomic mass is 9.79. The Bertz CT molecular complexity index is 1310. The van der Waals surface area contributed by atoms with Crippen LogP contribution in [0, 0.1) is 11.8 Å². The molecule has 5 N–H and O–H groups in total. The number of amides is 2. The van der Waals surface area contributed by atoms with Crippen molar-refractivity contribution in [1.29, 1.82) is 0 Å². The molecule has 2 aliphatic heterocycles. The third-order valence-corrected chi connectivity index (χ3v) is 7.78. The Balaban J connectivity index is 1.42. The number of H-pyrrole nitrogens is 1. The number of aromatic amines is 1. The Morgan fingerprint density at radius 1 is 1.11 bits per heavy atom. The highest BCUT2D eigenvalue weighted by molar-refractivity contribution is 6.04. The number of nitrogens with one attached hydrogen (secondary N) is 3. The number of nitrogens with zero attached hydrogens (tertiary/aromatic N) is 1. The molecule has 1 saturated heterocycles. The molecule has 8 heteroatoms. The number of hydrogen-bond acceptors (Lipinski definition) is 5. The van der Waals surface area contributed by atoms with Crippen LogP contribution in [0.2, 0.25) is 0 Å². The summed E-state index contributed by atoms with van der Waals surface area (Å²) in [5.41, 5.74) is 11.2. The van der Waals surface area contributed by atoms with Gasteiger partial charge in [0.05, 0.1) is 6.04 Å². The fourth-order valence-corrected chi connectivity index (χ4v) is 5.70. The van der Waals surface area contributed by atoms with Crippen LogP contribution in [0.3, 0.4) is 0 Å². The molecule has 1 fully saturated rings. The first kappa shape index (κ1) is 25.2. The molecule has 8 nitrogen and oxygen atoms in total. The summed E-state index contributed by atoms with van der Waals surface area (Å²) in [7, 11) is 0. The fourth-order valence-electron chi connectivity index (χ4n) is 5.70.